The van der Waals surface area contributed by atoms with E-state index in [0.29, 0.717) is 22.8 Å². The summed E-state index contributed by atoms with van der Waals surface area (Å²) in [6.07, 6.45) is 0. The standard InChI is InChI=1S/C26H22BrN3O2S/c1-17-23(19-12-14-20(27)15-13-19)28-26(33-17)29-24(31)21-10-6-7-11-22(21)25(32)30(2)16-18-8-4-3-5-9-18/h3-15H,16H2,1-2H3,(H,28,29,31). The highest BCUT2D eigenvalue weighted by atomic mass is 79.9. The zero-order chi connectivity index (χ0) is 23.4. The molecule has 0 bridgehead atoms. The van der Waals surface area contributed by atoms with Crippen molar-refractivity contribution < 1.29 is 9.59 Å². The second kappa shape index (κ2) is 10.1. The number of hydrogen-bond donors (Lipinski definition) is 1. The van der Waals surface area contributed by atoms with Gasteiger partial charge in [-0.05, 0) is 36.8 Å². The average Bonchev–Trinajstić information content (AvgIpc) is 3.19. The fraction of sp³-hybridized carbons (Fsp3) is 0.115. The number of aryl methyl sites for hydroxylation is 1. The topological polar surface area (TPSA) is 62.3 Å². The van der Waals surface area contributed by atoms with Gasteiger partial charge >= 0.3 is 0 Å². The van der Waals surface area contributed by atoms with Gasteiger partial charge in [-0.25, -0.2) is 4.98 Å². The van der Waals surface area contributed by atoms with E-state index in [4.69, 9.17) is 0 Å². The molecule has 0 radical (unpaired) electrons. The summed E-state index contributed by atoms with van der Waals surface area (Å²) in [7, 11) is 1.73. The van der Waals surface area contributed by atoms with Gasteiger partial charge in [0.1, 0.15) is 0 Å². The first-order valence-electron chi connectivity index (χ1n) is 10.4. The van der Waals surface area contributed by atoms with Crippen molar-refractivity contribution in [3.63, 3.8) is 0 Å². The monoisotopic (exact) mass is 519 g/mol. The zero-order valence-electron chi connectivity index (χ0n) is 18.2. The molecule has 0 atom stereocenters. The van der Waals surface area contributed by atoms with Gasteiger partial charge in [-0.2, -0.15) is 0 Å². The molecule has 166 valence electrons. The van der Waals surface area contributed by atoms with Crippen molar-refractivity contribution in [2.45, 2.75) is 13.5 Å². The van der Waals surface area contributed by atoms with E-state index in [1.807, 2.05) is 61.5 Å². The highest BCUT2D eigenvalue weighted by Gasteiger charge is 2.21. The number of carbonyl (C=O) groups is 2. The first kappa shape index (κ1) is 22.9. The molecule has 1 heterocycles. The summed E-state index contributed by atoms with van der Waals surface area (Å²) >= 11 is 4.85. The molecule has 4 rings (SSSR count). The lowest BCUT2D eigenvalue weighted by Crippen LogP contribution is -2.28. The minimum atomic E-state index is -0.358. The SMILES string of the molecule is Cc1sc(NC(=O)c2ccccc2C(=O)N(C)Cc2ccccc2)nc1-c1ccc(Br)cc1. The average molecular weight is 520 g/mol. The number of nitrogens with zero attached hydrogens (tertiary/aromatic N) is 2. The van der Waals surface area contributed by atoms with Crippen LogP contribution in [0.4, 0.5) is 5.13 Å². The highest BCUT2D eigenvalue weighted by molar-refractivity contribution is 9.10. The number of amides is 2. The van der Waals surface area contributed by atoms with Crippen molar-refractivity contribution in [1.82, 2.24) is 9.88 Å². The number of rotatable bonds is 6. The molecule has 1 aromatic heterocycles. The molecule has 0 aliphatic carbocycles. The molecular formula is C26H22BrN3O2S. The van der Waals surface area contributed by atoms with Crippen LogP contribution in [0.3, 0.4) is 0 Å². The normalized spacial score (nSPS) is 10.6. The summed E-state index contributed by atoms with van der Waals surface area (Å²) in [5.74, 6) is -0.571. The van der Waals surface area contributed by atoms with Gasteiger partial charge in [-0.15, -0.1) is 11.3 Å². The van der Waals surface area contributed by atoms with Crippen LogP contribution in [0.2, 0.25) is 0 Å². The Morgan fingerprint density at radius 1 is 0.939 bits per heavy atom. The maximum Gasteiger partial charge on any atom is 0.258 e. The summed E-state index contributed by atoms with van der Waals surface area (Å²) < 4.78 is 0.992. The second-order valence-corrected chi connectivity index (χ2v) is 9.70. The Bertz CT molecular complexity index is 1290. The summed E-state index contributed by atoms with van der Waals surface area (Å²) in [5.41, 5.74) is 3.50. The van der Waals surface area contributed by atoms with Crippen molar-refractivity contribution in [3.05, 3.63) is 105 Å². The summed E-state index contributed by atoms with van der Waals surface area (Å²) in [6, 6.07) is 24.5. The van der Waals surface area contributed by atoms with Gasteiger partial charge < -0.3 is 4.90 Å². The smallest absolute Gasteiger partial charge is 0.258 e. The van der Waals surface area contributed by atoms with Crippen LogP contribution in [0.1, 0.15) is 31.2 Å². The first-order valence-corrected chi connectivity index (χ1v) is 12.0. The minimum Gasteiger partial charge on any atom is -0.337 e. The van der Waals surface area contributed by atoms with Crippen LogP contribution in [-0.4, -0.2) is 28.7 Å². The second-order valence-electron chi connectivity index (χ2n) is 7.58. The van der Waals surface area contributed by atoms with Crippen molar-refractivity contribution in [2.24, 2.45) is 0 Å². The van der Waals surface area contributed by atoms with Crippen LogP contribution < -0.4 is 5.32 Å². The molecule has 7 heteroatoms. The molecule has 33 heavy (non-hydrogen) atoms. The third kappa shape index (κ3) is 5.38. The predicted octanol–water partition coefficient (Wildman–Crippen LogP) is 6.41. The van der Waals surface area contributed by atoms with Gasteiger partial charge in [-0.1, -0.05) is 70.5 Å². The number of aromatic nitrogens is 1. The van der Waals surface area contributed by atoms with E-state index in [1.165, 1.54) is 11.3 Å². The molecule has 0 unspecified atom stereocenters. The Balaban J connectivity index is 1.53. The summed E-state index contributed by atoms with van der Waals surface area (Å²) in [6.45, 7) is 2.43. The van der Waals surface area contributed by atoms with Crippen molar-refractivity contribution in [3.8, 4) is 11.3 Å². The van der Waals surface area contributed by atoms with E-state index < -0.39 is 0 Å². The molecule has 0 saturated heterocycles. The molecule has 5 nitrogen and oxygen atoms in total. The van der Waals surface area contributed by atoms with Crippen LogP contribution in [0.25, 0.3) is 11.3 Å². The van der Waals surface area contributed by atoms with Gasteiger partial charge in [0.05, 0.1) is 16.8 Å². The van der Waals surface area contributed by atoms with Gasteiger partial charge in [-0.3, -0.25) is 14.9 Å². The largest absolute Gasteiger partial charge is 0.337 e. The Morgan fingerprint density at radius 2 is 1.58 bits per heavy atom. The molecule has 2 amide bonds. The maximum absolute atomic E-state index is 13.1. The Labute approximate surface area is 205 Å². The number of nitrogens with one attached hydrogen (secondary N) is 1. The van der Waals surface area contributed by atoms with E-state index in [0.717, 1.165) is 26.2 Å². The lowest BCUT2D eigenvalue weighted by molar-refractivity contribution is 0.0780. The number of halogens is 1. The molecule has 0 saturated carbocycles. The number of hydrogen-bond acceptors (Lipinski definition) is 4. The third-order valence-corrected chi connectivity index (χ3v) is 6.56. The third-order valence-electron chi connectivity index (χ3n) is 5.15. The van der Waals surface area contributed by atoms with Gasteiger partial charge in [0.15, 0.2) is 5.13 Å². The number of benzene rings is 3. The lowest BCUT2D eigenvalue weighted by Gasteiger charge is -2.19. The zero-order valence-corrected chi connectivity index (χ0v) is 20.6. The van der Waals surface area contributed by atoms with Gasteiger partial charge in [0, 0.05) is 28.5 Å². The minimum absolute atomic E-state index is 0.213. The first-order chi connectivity index (χ1) is 15.9. The molecule has 0 aliphatic rings. The number of anilines is 1. The van der Waals surface area contributed by atoms with Crippen LogP contribution in [-0.2, 0) is 6.54 Å². The fourth-order valence-electron chi connectivity index (χ4n) is 3.49. The number of carbonyl (C=O) groups excluding carboxylic acids is 2. The Kier molecular flexibility index (Phi) is 7.01. The van der Waals surface area contributed by atoms with E-state index >= 15 is 0 Å². The van der Waals surface area contributed by atoms with Crippen LogP contribution in [0.15, 0.2) is 83.3 Å². The predicted molar refractivity (Wildman–Crippen MR) is 137 cm³/mol. The van der Waals surface area contributed by atoms with Crippen LogP contribution >= 0.6 is 27.3 Å². The van der Waals surface area contributed by atoms with Crippen molar-refractivity contribution in [1.29, 1.82) is 0 Å². The fourth-order valence-corrected chi connectivity index (χ4v) is 4.59. The molecule has 4 aromatic rings. The van der Waals surface area contributed by atoms with E-state index in [2.05, 4.69) is 26.2 Å². The number of thiazole rings is 1. The van der Waals surface area contributed by atoms with E-state index in [-0.39, 0.29) is 11.8 Å². The van der Waals surface area contributed by atoms with Crippen LogP contribution in [0, 0.1) is 6.92 Å². The van der Waals surface area contributed by atoms with Crippen molar-refractivity contribution in [2.75, 3.05) is 12.4 Å². The summed E-state index contributed by atoms with van der Waals surface area (Å²) in [4.78, 5) is 33.5. The van der Waals surface area contributed by atoms with Gasteiger partial charge in [0.25, 0.3) is 11.8 Å². The highest BCUT2D eigenvalue weighted by Crippen LogP contribution is 2.31. The molecule has 0 spiro atoms. The van der Waals surface area contributed by atoms with E-state index in [9.17, 15) is 9.59 Å². The lowest BCUT2D eigenvalue weighted by atomic mass is 10.1. The van der Waals surface area contributed by atoms with Gasteiger partial charge in [0.2, 0.25) is 0 Å². The molecule has 1 N–H and O–H groups in total. The summed E-state index contributed by atoms with van der Waals surface area (Å²) in [5, 5.41) is 3.37. The molecule has 0 aliphatic heterocycles. The molecule has 3 aromatic carbocycles. The van der Waals surface area contributed by atoms with Crippen molar-refractivity contribution >= 4 is 44.2 Å². The molecule has 0 fully saturated rings. The maximum atomic E-state index is 13.1. The molecular weight excluding hydrogens is 498 g/mol. The van der Waals surface area contributed by atoms with Crippen LogP contribution in [0.5, 0.6) is 0 Å². The Hall–Kier alpha value is -3.29. The van der Waals surface area contributed by atoms with E-state index in [1.54, 1.807) is 36.2 Å². The quantitative estimate of drug-likeness (QED) is 0.320. The Morgan fingerprint density at radius 3 is 2.27 bits per heavy atom.